The molecule has 3 heterocycles. The van der Waals surface area contributed by atoms with Gasteiger partial charge in [-0.15, -0.1) is 0 Å². The molecule has 10 heteroatoms. The minimum atomic E-state index is -1.21. The van der Waals surface area contributed by atoms with Gasteiger partial charge >= 0.3 is 12.0 Å². The van der Waals surface area contributed by atoms with E-state index in [1.165, 1.54) is 0 Å². The highest BCUT2D eigenvalue weighted by atomic mass is 16.4. The number of benzene rings is 1. The van der Waals surface area contributed by atoms with Crippen molar-refractivity contribution in [3.8, 4) is 11.5 Å². The molecule has 2 amide bonds. The zero-order valence-corrected chi connectivity index (χ0v) is 19.5. The normalized spacial score (nSPS) is 18.9. The van der Waals surface area contributed by atoms with Gasteiger partial charge in [-0.2, -0.15) is 9.78 Å². The first-order valence-corrected chi connectivity index (χ1v) is 11.6. The Bertz CT molecular complexity index is 1340. The summed E-state index contributed by atoms with van der Waals surface area (Å²) >= 11 is 0. The molecule has 1 fully saturated rings. The van der Waals surface area contributed by atoms with Gasteiger partial charge in [-0.1, -0.05) is 19.3 Å². The highest BCUT2D eigenvalue weighted by Gasteiger charge is 2.46. The van der Waals surface area contributed by atoms with Gasteiger partial charge in [-0.05, 0) is 57.4 Å². The molecule has 178 valence electrons. The number of aromatic nitrogens is 4. The molecule has 0 atom stereocenters. The summed E-state index contributed by atoms with van der Waals surface area (Å²) < 4.78 is 1.00. The van der Waals surface area contributed by atoms with Gasteiger partial charge in [0.05, 0.1) is 27.8 Å². The molecule has 5 rings (SSSR count). The lowest BCUT2D eigenvalue weighted by Gasteiger charge is -2.32. The number of amides is 2. The number of nitrogens with one attached hydrogen (secondary N) is 1. The van der Waals surface area contributed by atoms with Gasteiger partial charge in [-0.25, -0.2) is 9.78 Å². The monoisotopic (exact) mass is 464 g/mol. The summed E-state index contributed by atoms with van der Waals surface area (Å²) in [5.74, 6) is -0.522. The highest BCUT2D eigenvalue weighted by molar-refractivity contribution is 6.09. The average molecular weight is 465 g/mol. The van der Waals surface area contributed by atoms with Crippen molar-refractivity contribution >= 4 is 34.6 Å². The lowest BCUT2D eigenvalue weighted by Crippen LogP contribution is -2.41. The Kier molecular flexibility index (Phi) is 4.82. The van der Waals surface area contributed by atoms with E-state index in [1.54, 1.807) is 11.0 Å². The van der Waals surface area contributed by atoms with E-state index >= 15 is 0 Å². The number of carbonyl (C=O) groups is 3. The van der Waals surface area contributed by atoms with Crippen molar-refractivity contribution in [1.29, 1.82) is 0 Å². The number of aliphatic carboxylic acids is 1. The summed E-state index contributed by atoms with van der Waals surface area (Å²) in [4.78, 5) is 47.0. The number of nitrogens with zero attached hydrogens (tertiary/aromatic N) is 4. The first-order chi connectivity index (χ1) is 16.1. The lowest BCUT2D eigenvalue weighted by molar-refractivity contribution is -0.145. The van der Waals surface area contributed by atoms with Crippen molar-refractivity contribution in [2.45, 2.75) is 63.7 Å². The fourth-order valence-electron chi connectivity index (χ4n) is 5.51. The molecule has 10 nitrogen and oxygen atoms in total. The molecule has 1 aliphatic heterocycles. The third-order valence-electron chi connectivity index (χ3n) is 7.43. The van der Waals surface area contributed by atoms with Crippen molar-refractivity contribution in [2.24, 2.45) is 5.73 Å². The second kappa shape index (κ2) is 7.41. The third-order valence-corrected chi connectivity index (χ3v) is 7.43. The molecule has 0 spiro atoms. The van der Waals surface area contributed by atoms with E-state index in [1.807, 2.05) is 32.9 Å². The number of primary amides is 1. The molecule has 4 N–H and O–H groups in total. The molecule has 2 aliphatic rings. The van der Waals surface area contributed by atoms with Crippen molar-refractivity contribution in [1.82, 2.24) is 19.7 Å². The topological polar surface area (TPSA) is 147 Å². The van der Waals surface area contributed by atoms with Crippen molar-refractivity contribution in [3.63, 3.8) is 0 Å². The van der Waals surface area contributed by atoms with Crippen LogP contribution in [0, 0.1) is 0 Å². The summed E-state index contributed by atoms with van der Waals surface area (Å²) in [5, 5.41) is 14.5. The van der Waals surface area contributed by atoms with Gasteiger partial charge < -0.3 is 20.7 Å². The predicted octanol–water partition coefficient (Wildman–Crippen LogP) is 3.28. The number of carboxylic acid groups (broad SMARTS) is 1. The predicted molar refractivity (Wildman–Crippen MR) is 126 cm³/mol. The van der Waals surface area contributed by atoms with E-state index in [0.29, 0.717) is 36.4 Å². The van der Waals surface area contributed by atoms with Gasteiger partial charge in [0, 0.05) is 6.54 Å². The fraction of sp³-hybridized carbons (Fsp3) is 0.458. The molecule has 3 aromatic rings. The van der Waals surface area contributed by atoms with Crippen LogP contribution in [-0.2, 0) is 20.4 Å². The number of H-pyrrole nitrogens is 1. The quantitative estimate of drug-likeness (QED) is 0.540. The zero-order valence-electron chi connectivity index (χ0n) is 19.5. The number of imidazole rings is 1. The van der Waals surface area contributed by atoms with E-state index in [9.17, 15) is 19.5 Å². The molecule has 0 saturated heterocycles. The molecular formula is C24H28N6O4. The summed E-state index contributed by atoms with van der Waals surface area (Å²) in [6.07, 6.45) is 3.30. The van der Waals surface area contributed by atoms with Crippen molar-refractivity contribution in [2.75, 3.05) is 11.4 Å². The van der Waals surface area contributed by atoms with Crippen LogP contribution < -0.4 is 10.6 Å². The van der Waals surface area contributed by atoms with Crippen LogP contribution in [0.4, 0.5) is 10.5 Å². The first kappa shape index (κ1) is 22.1. The summed E-state index contributed by atoms with van der Waals surface area (Å²) in [5.41, 5.74) is 7.48. The van der Waals surface area contributed by atoms with Crippen molar-refractivity contribution < 1.29 is 19.5 Å². The number of nitrogens with two attached hydrogens (primary N) is 1. The average Bonchev–Trinajstić information content (AvgIpc) is 3.47. The highest BCUT2D eigenvalue weighted by Crippen LogP contribution is 2.44. The minimum Gasteiger partial charge on any atom is -0.481 e. The minimum absolute atomic E-state index is 0.0502. The Balaban J connectivity index is 1.64. The zero-order chi connectivity index (χ0) is 24.4. The van der Waals surface area contributed by atoms with Crippen LogP contribution in [0.2, 0.25) is 0 Å². The standard InChI is InChI=1S/C24H28N6O4/c1-4-29-17-11-15-14(10-13(17)23(2,3)20(29)31)26-19(27-15)16-12-18(30(28-16)22(25)34)24(21(32)33)8-6-5-7-9-24/h10-12H,4-9H2,1-3H3,(H2,25,34)(H,26,27)(H,32,33). The summed E-state index contributed by atoms with van der Waals surface area (Å²) in [6.45, 7) is 6.30. The number of fused-ring (bicyclic) bond motifs is 2. The van der Waals surface area contributed by atoms with Crippen LogP contribution in [-0.4, -0.2) is 49.3 Å². The van der Waals surface area contributed by atoms with Gasteiger partial charge in [0.2, 0.25) is 5.91 Å². The van der Waals surface area contributed by atoms with Crippen molar-refractivity contribution in [3.05, 3.63) is 29.5 Å². The number of likely N-dealkylation sites (N-methyl/N-ethyl adjacent to an activating group) is 1. The van der Waals surface area contributed by atoms with Crippen LogP contribution in [0.15, 0.2) is 18.2 Å². The number of aromatic amines is 1. The smallest absolute Gasteiger partial charge is 0.339 e. The van der Waals surface area contributed by atoms with E-state index in [2.05, 4.69) is 15.1 Å². The number of rotatable bonds is 4. The second-order valence-corrected chi connectivity index (χ2v) is 9.76. The third kappa shape index (κ3) is 2.97. The molecule has 34 heavy (non-hydrogen) atoms. The molecule has 1 saturated carbocycles. The SMILES string of the molecule is CCN1C(=O)C(C)(C)c2cc3[nH]c(-c4cc(C5(C(=O)O)CCCCC5)n(C(N)=O)n4)nc3cc21. The number of carbonyl (C=O) groups excluding carboxylic acids is 2. The van der Waals surface area contributed by atoms with Crippen LogP contribution in [0.25, 0.3) is 22.6 Å². The molecule has 0 unspecified atom stereocenters. The molecule has 0 radical (unpaired) electrons. The number of hydrogen-bond acceptors (Lipinski definition) is 5. The molecule has 1 aliphatic carbocycles. The Morgan fingerprint density at radius 1 is 1.18 bits per heavy atom. The largest absolute Gasteiger partial charge is 0.481 e. The van der Waals surface area contributed by atoms with Gasteiger partial charge in [-0.3, -0.25) is 9.59 Å². The molecule has 2 aromatic heterocycles. The maximum Gasteiger partial charge on any atom is 0.339 e. The molecule has 1 aromatic carbocycles. The van der Waals surface area contributed by atoms with Crippen LogP contribution in [0.5, 0.6) is 0 Å². The maximum atomic E-state index is 12.8. The number of hydrogen-bond donors (Lipinski definition) is 3. The van der Waals surface area contributed by atoms with E-state index < -0.39 is 22.8 Å². The summed E-state index contributed by atoms with van der Waals surface area (Å²) in [7, 11) is 0. The van der Waals surface area contributed by atoms with Gasteiger partial charge in [0.15, 0.2) is 5.82 Å². The van der Waals surface area contributed by atoms with Crippen LogP contribution >= 0.6 is 0 Å². The lowest BCUT2D eigenvalue weighted by atomic mass is 9.71. The number of anilines is 1. The number of carboxylic acids is 1. The van der Waals surface area contributed by atoms with Gasteiger partial charge in [0.25, 0.3) is 0 Å². The molecular weight excluding hydrogens is 436 g/mol. The Labute approximate surface area is 196 Å². The molecule has 0 bridgehead atoms. The van der Waals surface area contributed by atoms with E-state index in [-0.39, 0.29) is 11.6 Å². The van der Waals surface area contributed by atoms with E-state index in [0.717, 1.165) is 40.7 Å². The summed E-state index contributed by atoms with van der Waals surface area (Å²) in [6, 6.07) is 4.59. The van der Waals surface area contributed by atoms with E-state index in [4.69, 9.17) is 5.73 Å². The Morgan fingerprint density at radius 2 is 1.88 bits per heavy atom. The Hall–Kier alpha value is -3.69. The Morgan fingerprint density at radius 3 is 2.50 bits per heavy atom. The first-order valence-electron chi connectivity index (χ1n) is 11.6. The van der Waals surface area contributed by atoms with Crippen LogP contribution in [0.3, 0.4) is 0 Å². The van der Waals surface area contributed by atoms with Crippen LogP contribution in [0.1, 0.15) is 64.1 Å². The second-order valence-electron chi connectivity index (χ2n) is 9.76. The fourth-order valence-corrected chi connectivity index (χ4v) is 5.51. The van der Waals surface area contributed by atoms with Gasteiger partial charge in [0.1, 0.15) is 11.1 Å². The maximum absolute atomic E-state index is 12.8.